The number of benzene rings is 1. The average Bonchev–Trinajstić information content (AvgIpc) is 2.59. The van der Waals surface area contributed by atoms with Crippen molar-refractivity contribution in [3.05, 3.63) is 24.3 Å². The summed E-state index contributed by atoms with van der Waals surface area (Å²) in [6, 6.07) is 4.00. The minimum Gasteiger partial charge on any atom is -0.497 e. The van der Waals surface area contributed by atoms with E-state index in [1.807, 2.05) is 0 Å². The number of hydrogen-bond donors (Lipinski definition) is 2. The van der Waals surface area contributed by atoms with E-state index in [0.29, 0.717) is 18.8 Å². The normalized spacial score (nSPS) is 19.9. The lowest BCUT2D eigenvalue weighted by molar-refractivity contribution is -0.149. The van der Waals surface area contributed by atoms with Gasteiger partial charge in [0.25, 0.3) is 0 Å². The quantitative estimate of drug-likeness (QED) is 0.735. The van der Waals surface area contributed by atoms with Crippen molar-refractivity contribution in [1.29, 1.82) is 0 Å². The van der Waals surface area contributed by atoms with Crippen LogP contribution in [0.1, 0.15) is 19.3 Å². The van der Waals surface area contributed by atoms with Gasteiger partial charge in [0, 0.05) is 6.61 Å². The Hall–Kier alpha value is -1.68. The van der Waals surface area contributed by atoms with Crippen molar-refractivity contribution < 1.29 is 32.9 Å². The second-order valence-corrected chi connectivity index (χ2v) is 7.21. The molecule has 0 amide bonds. The molecule has 0 saturated carbocycles. The minimum atomic E-state index is -4.17. The third kappa shape index (κ3) is 3.86. The Morgan fingerprint density at radius 1 is 1.38 bits per heavy atom. The lowest BCUT2D eigenvalue weighted by Gasteiger charge is -2.36. The Bertz CT molecular complexity index is 653. The third-order valence-corrected chi connectivity index (χ3v) is 5.75. The van der Waals surface area contributed by atoms with Gasteiger partial charge in [0.15, 0.2) is 0 Å². The number of methoxy groups -OCH3 is 1. The first-order valence-electron chi connectivity index (χ1n) is 7.54. The summed E-state index contributed by atoms with van der Waals surface area (Å²) in [5, 5.41) is 18.8. The first-order valence-corrected chi connectivity index (χ1v) is 8.98. The van der Waals surface area contributed by atoms with Crippen LogP contribution in [-0.2, 0) is 19.6 Å². The fraction of sp³-hybridized carbons (Fsp3) is 0.533. The molecule has 1 saturated heterocycles. The highest BCUT2D eigenvalue weighted by molar-refractivity contribution is 7.89. The highest BCUT2D eigenvalue weighted by Gasteiger charge is 2.41. The second-order valence-electron chi connectivity index (χ2n) is 5.37. The minimum absolute atomic E-state index is 0.0860. The van der Waals surface area contributed by atoms with Crippen molar-refractivity contribution in [2.24, 2.45) is 0 Å². The zero-order chi connectivity index (χ0) is 17.7. The van der Waals surface area contributed by atoms with Crippen LogP contribution in [0.4, 0.5) is 0 Å². The second kappa shape index (κ2) is 7.93. The van der Waals surface area contributed by atoms with E-state index in [9.17, 15) is 23.4 Å². The number of aliphatic carboxylic acids is 1. The summed E-state index contributed by atoms with van der Waals surface area (Å²) in [7, 11) is -2.71. The molecule has 1 aliphatic heterocycles. The Morgan fingerprint density at radius 2 is 2.04 bits per heavy atom. The summed E-state index contributed by atoms with van der Waals surface area (Å²) < 4.78 is 37.2. The number of ether oxygens (including phenoxy) is 2. The van der Waals surface area contributed by atoms with E-state index in [0.717, 1.165) is 17.1 Å². The van der Waals surface area contributed by atoms with Gasteiger partial charge in [-0.15, -0.1) is 0 Å². The molecule has 1 fully saturated rings. The fourth-order valence-electron chi connectivity index (χ4n) is 2.58. The molecular formula is C15H21NO7S. The van der Waals surface area contributed by atoms with Gasteiger partial charge < -0.3 is 19.7 Å². The topological polar surface area (TPSA) is 113 Å². The average molecular weight is 359 g/mol. The van der Waals surface area contributed by atoms with Crippen LogP contribution in [-0.4, -0.2) is 61.5 Å². The Kier molecular flexibility index (Phi) is 6.16. The van der Waals surface area contributed by atoms with E-state index < -0.39 is 34.9 Å². The van der Waals surface area contributed by atoms with Crippen LogP contribution < -0.4 is 4.74 Å². The number of nitrogens with zero attached hydrogens (tertiary/aromatic N) is 1. The highest BCUT2D eigenvalue weighted by atomic mass is 32.2. The molecule has 1 heterocycles. The van der Waals surface area contributed by atoms with E-state index in [-0.39, 0.29) is 4.90 Å². The molecule has 1 aromatic carbocycles. The largest absolute Gasteiger partial charge is 0.497 e. The number of rotatable bonds is 7. The zero-order valence-corrected chi connectivity index (χ0v) is 14.1. The van der Waals surface area contributed by atoms with Crippen LogP contribution in [0.3, 0.4) is 0 Å². The van der Waals surface area contributed by atoms with Crippen LogP contribution in [0, 0.1) is 0 Å². The number of carbonyl (C=O) groups is 1. The van der Waals surface area contributed by atoms with Crippen molar-refractivity contribution in [2.75, 3.05) is 20.3 Å². The smallest absolute Gasteiger partial charge is 0.324 e. The summed E-state index contributed by atoms with van der Waals surface area (Å²) in [5.74, 6) is -0.949. The van der Waals surface area contributed by atoms with E-state index in [1.165, 1.54) is 31.4 Å². The van der Waals surface area contributed by atoms with Gasteiger partial charge in [0.2, 0.25) is 10.0 Å². The maximum atomic E-state index is 13.0. The van der Waals surface area contributed by atoms with Crippen LogP contribution in [0.25, 0.3) is 0 Å². The maximum Gasteiger partial charge on any atom is 0.324 e. The molecule has 0 aromatic heterocycles. The number of carboxylic acid groups (broad SMARTS) is 1. The predicted octanol–water partition coefficient (Wildman–Crippen LogP) is 0.658. The van der Waals surface area contributed by atoms with Gasteiger partial charge in [-0.05, 0) is 43.5 Å². The van der Waals surface area contributed by atoms with Crippen molar-refractivity contribution in [1.82, 2.24) is 4.31 Å². The molecule has 2 N–H and O–H groups in total. The summed E-state index contributed by atoms with van der Waals surface area (Å²) in [6.45, 7) is -0.498. The van der Waals surface area contributed by atoms with E-state index in [1.54, 1.807) is 0 Å². The lowest BCUT2D eigenvalue weighted by atomic mass is 10.1. The molecule has 0 bridgehead atoms. The van der Waals surface area contributed by atoms with Gasteiger partial charge in [-0.25, -0.2) is 8.42 Å². The monoisotopic (exact) mass is 359 g/mol. The lowest BCUT2D eigenvalue weighted by Crippen LogP contribution is -2.54. The fourth-order valence-corrected chi connectivity index (χ4v) is 4.28. The Balaban J connectivity index is 2.44. The molecular weight excluding hydrogens is 338 g/mol. The highest BCUT2D eigenvalue weighted by Crippen LogP contribution is 2.27. The summed E-state index contributed by atoms with van der Waals surface area (Å²) >= 11 is 0. The van der Waals surface area contributed by atoms with Gasteiger partial charge >= 0.3 is 5.97 Å². The van der Waals surface area contributed by atoms with Crippen molar-refractivity contribution in [3.8, 4) is 5.75 Å². The van der Waals surface area contributed by atoms with E-state index >= 15 is 0 Å². The molecule has 9 heteroatoms. The van der Waals surface area contributed by atoms with E-state index in [4.69, 9.17) is 9.47 Å². The molecule has 2 rings (SSSR count). The van der Waals surface area contributed by atoms with Crippen molar-refractivity contribution in [3.63, 3.8) is 0 Å². The van der Waals surface area contributed by atoms with Crippen LogP contribution in [0.15, 0.2) is 29.2 Å². The molecule has 134 valence electrons. The van der Waals surface area contributed by atoms with Gasteiger partial charge in [-0.2, -0.15) is 4.31 Å². The Morgan fingerprint density at radius 3 is 2.50 bits per heavy atom. The molecule has 0 radical (unpaired) electrons. The first-order chi connectivity index (χ1) is 11.4. The summed E-state index contributed by atoms with van der Waals surface area (Å²) in [6.07, 6.45) is 0.958. The third-order valence-electron chi connectivity index (χ3n) is 3.84. The molecule has 24 heavy (non-hydrogen) atoms. The summed E-state index contributed by atoms with van der Waals surface area (Å²) in [4.78, 5) is 11.4. The van der Waals surface area contributed by atoms with Crippen molar-refractivity contribution >= 4 is 16.0 Å². The molecule has 1 aromatic rings. The van der Waals surface area contributed by atoms with Gasteiger partial charge in [-0.1, -0.05) is 0 Å². The standard InChI is InChI=1S/C15H21NO7S/c1-22-11-5-7-12(8-6-11)24(20,21)16(13(10-17)15(18)19)14-4-2-3-9-23-14/h5-8,13-14,17H,2-4,9-10H2,1H3,(H,18,19)/t13-,14?/m0/s1. The predicted molar refractivity (Wildman–Crippen MR) is 84.1 cm³/mol. The number of carboxylic acids is 1. The SMILES string of the molecule is COc1ccc(S(=O)(=O)N(C2CCCCO2)[C@@H](CO)C(=O)O)cc1. The van der Waals surface area contributed by atoms with Crippen molar-refractivity contribution in [2.45, 2.75) is 36.4 Å². The number of hydrogen-bond acceptors (Lipinski definition) is 6. The van der Waals surface area contributed by atoms with Gasteiger partial charge in [0.1, 0.15) is 18.0 Å². The molecule has 1 aliphatic rings. The molecule has 0 spiro atoms. The zero-order valence-electron chi connectivity index (χ0n) is 13.3. The summed E-state index contributed by atoms with van der Waals surface area (Å²) in [5.41, 5.74) is 0. The molecule has 1 unspecified atom stereocenters. The van der Waals surface area contributed by atoms with Crippen LogP contribution >= 0.6 is 0 Å². The molecule has 0 aliphatic carbocycles. The number of aliphatic hydroxyl groups excluding tert-OH is 1. The first kappa shape index (κ1) is 18.7. The Labute approximate surface area is 140 Å². The van der Waals surface area contributed by atoms with Gasteiger partial charge in [-0.3, -0.25) is 4.79 Å². The van der Waals surface area contributed by atoms with Crippen LogP contribution in [0.2, 0.25) is 0 Å². The maximum absolute atomic E-state index is 13.0. The number of sulfonamides is 1. The molecule has 2 atom stereocenters. The number of aliphatic hydroxyl groups is 1. The van der Waals surface area contributed by atoms with E-state index in [2.05, 4.69) is 0 Å². The van der Waals surface area contributed by atoms with Crippen LogP contribution in [0.5, 0.6) is 5.75 Å². The van der Waals surface area contributed by atoms with Gasteiger partial charge in [0.05, 0.1) is 18.6 Å². The molecule has 8 nitrogen and oxygen atoms in total.